The normalized spacial score (nSPS) is 27.4. The molecule has 63 heavy (non-hydrogen) atoms. The van der Waals surface area contributed by atoms with Crippen LogP contribution in [0.3, 0.4) is 0 Å². The van der Waals surface area contributed by atoms with Gasteiger partial charge in [0.2, 0.25) is 0 Å². The first-order valence-corrected chi connectivity index (χ1v) is 28.3. The SMILES string of the molecule is CCCCCC1CCC(C(=CCOCC=C(c2ccc(C3CCC(CCCCC)CC3)cc2)C2CCC(CCCCC)CC2)c2ccc(C3CCC(CCCCC)CC3)cc2)CC1. The molecule has 4 fully saturated rings. The number of ether oxygens (including phenoxy) is 1. The fourth-order valence-corrected chi connectivity index (χ4v) is 13.1. The minimum atomic E-state index is 0.661. The molecule has 4 saturated carbocycles. The highest BCUT2D eigenvalue weighted by atomic mass is 16.5. The maximum absolute atomic E-state index is 6.67. The Morgan fingerprint density at radius 2 is 0.667 bits per heavy atom. The van der Waals surface area contributed by atoms with Gasteiger partial charge in [0.1, 0.15) is 0 Å². The number of hydrogen-bond acceptors (Lipinski definition) is 1. The van der Waals surface area contributed by atoms with Crippen LogP contribution in [0.2, 0.25) is 0 Å². The Bertz CT molecular complexity index is 1410. The molecule has 1 heteroatoms. The van der Waals surface area contributed by atoms with Crippen molar-refractivity contribution in [3.63, 3.8) is 0 Å². The Morgan fingerprint density at radius 1 is 0.381 bits per heavy atom. The maximum Gasteiger partial charge on any atom is 0.0657 e. The second-order valence-corrected chi connectivity index (χ2v) is 22.0. The van der Waals surface area contributed by atoms with E-state index >= 15 is 0 Å². The Labute approximate surface area is 390 Å². The lowest BCUT2D eigenvalue weighted by Crippen LogP contribution is -2.17. The van der Waals surface area contributed by atoms with Crippen molar-refractivity contribution in [1.82, 2.24) is 0 Å². The topological polar surface area (TPSA) is 9.23 Å². The Morgan fingerprint density at radius 3 is 0.952 bits per heavy atom. The minimum Gasteiger partial charge on any atom is -0.373 e. The van der Waals surface area contributed by atoms with Crippen molar-refractivity contribution in [2.75, 3.05) is 13.2 Å². The zero-order valence-corrected chi connectivity index (χ0v) is 41.8. The highest BCUT2D eigenvalue weighted by Crippen LogP contribution is 2.44. The summed E-state index contributed by atoms with van der Waals surface area (Å²) >= 11 is 0. The third-order valence-corrected chi connectivity index (χ3v) is 17.4. The fourth-order valence-electron chi connectivity index (χ4n) is 13.1. The van der Waals surface area contributed by atoms with E-state index in [0.717, 1.165) is 35.5 Å². The van der Waals surface area contributed by atoms with Crippen molar-refractivity contribution in [1.29, 1.82) is 0 Å². The molecule has 4 aliphatic carbocycles. The van der Waals surface area contributed by atoms with E-state index < -0.39 is 0 Å². The summed E-state index contributed by atoms with van der Waals surface area (Å²) in [5, 5.41) is 0. The first-order chi connectivity index (χ1) is 31.1. The van der Waals surface area contributed by atoms with E-state index in [-0.39, 0.29) is 0 Å². The molecule has 2 aromatic rings. The summed E-state index contributed by atoms with van der Waals surface area (Å²) in [4.78, 5) is 0. The van der Waals surface area contributed by atoms with Gasteiger partial charge < -0.3 is 4.74 Å². The molecule has 0 amide bonds. The van der Waals surface area contributed by atoms with Gasteiger partial charge in [-0.2, -0.15) is 0 Å². The van der Waals surface area contributed by atoms with Gasteiger partial charge in [-0.25, -0.2) is 0 Å². The van der Waals surface area contributed by atoms with Crippen LogP contribution < -0.4 is 0 Å². The van der Waals surface area contributed by atoms with Gasteiger partial charge in [-0.15, -0.1) is 0 Å². The molecule has 6 rings (SSSR count). The van der Waals surface area contributed by atoms with Crippen LogP contribution in [0.15, 0.2) is 60.7 Å². The predicted molar refractivity (Wildman–Crippen MR) is 277 cm³/mol. The monoisotopic (exact) mass is 859 g/mol. The molecule has 0 bridgehead atoms. The third-order valence-electron chi connectivity index (χ3n) is 17.4. The van der Waals surface area contributed by atoms with E-state index in [0.29, 0.717) is 25.0 Å². The summed E-state index contributed by atoms with van der Waals surface area (Å²) < 4.78 is 6.67. The molecule has 1 nitrogen and oxygen atoms in total. The van der Waals surface area contributed by atoms with E-state index in [2.05, 4.69) is 88.4 Å². The van der Waals surface area contributed by atoms with Gasteiger partial charge in [-0.3, -0.25) is 0 Å². The molecule has 0 aromatic heterocycles. The Kier molecular flexibility index (Phi) is 23.0. The molecule has 0 heterocycles. The van der Waals surface area contributed by atoms with Gasteiger partial charge >= 0.3 is 0 Å². The molecular formula is C62H98O. The molecule has 352 valence electrons. The lowest BCUT2D eigenvalue weighted by molar-refractivity contribution is 0.193. The van der Waals surface area contributed by atoms with Crippen molar-refractivity contribution in [2.24, 2.45) is 35.5 Å². The van der Waals surface area contributed by atoms with E-state index in [4.69, 9.17) is 4.74 Å². The van der Waals surface area contributed by atoms with Crippen LogP contribution in [0, 0.1) is 35.5 Å². The molecule has 4 aliphatic rings. The number of unbranched alkanes of at least 4 members (excludes halogenated alkanes) is 8. The van der Waals surface area contributed by atoms with Gasteiger partial charge in [0.15, 0.2) is 0 Å². The van der Waals surface area contributed by atoms with Gasteiger partial charge in [-0.05, 0) is 183 Å². The number of rotatable bonds is 26. The zero-order chi connectivity index (χ0) is 43.9. The summed E-state index contributed by atoms with van der Waals surface area (Å²) in [7, 11) is 0. The second-order valence-electron chi connectivity index (χ2n) is 22.0. The quantitative estimate of drug-likeness (QED) is 0.0857. The highest BCUT2D eigenvalue weighted by molar-refractivity contribution is 5.69. The van der Waals surface area contributed by atoms with Crippen LogP contribution in [0.25, 0.3) is 11.1 Å². The van der Waals surface area contributed by atoms with Crippen LogP contribution in [-0.4, -0.2) is 13.2 Å². The summed E-state index contributed by atoms with van der Waals surface area (Å²) in [5.41, 5.74) is 9.25. The molecule has 0 radical (unpaired) electrons. The van der Waals surface area contributed by atoms with Crippen LogP contribution in [-0.2, 0) is 4.74 Å². The third kappa shape index (κ3) is 16.6. The first kappa shape index (κ1) is 50.3. The highest BCUT2D eigenvalue weighted by Gasteiger charge is 2.28. The number of hydrogen-bond donors (Lipinski definition) is 0. The fraction of sp³-hybridized carbons (Fsp3) is 0.742. The molecule has 0 N–H and O–H groups in total. The smallest absolute Gasteiger partial charge is 0.0657 e. The van der Waals surface area contributed by atoms with Crippen molar-refractivity contribution < 1.29 is 4.74 Å². The number of allylic oxidation sites excluding steroid dienone is 2. The molecular weight excluding hydrogens is 761 g/mol. The molecule has 0 spiro atoms. The van der Waals surface area contributed by atoms with Gasteiger partial charge in [-0.1, -0.05) is 191 Å². The molecule has 0 atom stereocenters. The minimum absolute atomic E-state index is 0.661. The average Bonchev–Trinajstić information content (AvgIpc) is 3.33. The Hall–Kier alpha value is -2.12. The maximum atomic E-state index is 6.67. The second kappa shape index (κ2) is 28.8. The van der Waals surface area contributed by atoms with Gasteiger partial charge in [0.25, 0.3) is 0 Å². The van der Waals surface area contributed by atoms with Crippen molar-refractivity contribution in [3.8, 4) is 0 Å². The van der Waals surface area contributed by atoms with E-state index in [1.54, 1.807) is 22.3 Å². The van der Waals surface area contributed by atoms with E-state index in [9.17, 15) is 0 Å². The van der Waals surface area contributed by atoms with Crippen LogP contribution in [0.4, 0.5) is 0 Å². The standard InChI is InChI=1S/C62H98O/c1-5-9-13-17-49-21-29-53(30-22-49)55-37-41-59(42-38-55)61(57-33-25-51(26-34-57)19-15-11-7-3)45-47-63-48-46-62(58-35-27-52(28-36-58)20-16-12-8-4)60-43-39-56(40-44-60)54-31-23-50(24-32-54)18-14-10-6-2/h37-46,49-54,57-58H,5-36,47-48H2,1-4H3. The summed E-state index contributed by atoms with van der Waals surface area (Å²) in [5.74, 6) is 6.64. The predicted octanol–water partition coefficient (Wildman–Crippen LogP) is 19.7. The largest absolute Gasteiger partial charge is 0.373 e. The zero-order valence-electron chi connectivity index (χ0n) is 41.8. The van der Waals surface area contributed by atoms with Gasteiger partial charge in [0.05, 0.1) is 13.2 Å². The molecule has 2 aromatic carbocycles. The van der Waals surface area contributed by atoms with Gasteiger partial charge in [0, 0.05) is 0 Å². The Balaban J connectivity index is 1.11. The van der Waals surface area contributed by atoms with Crippen molar-refractivity contribution >= 4 is 11.1 Å². The average molecular weight is 859 g/mol. The number of benzene rings is 2. The molecule has 0 aliphatic heterocycles. The van der Waals surface area contributed by atoms with E-state index in [1.807, 2.05) is 0 Å². The van der Waals surface area contributed by atoms with E-state index in [1.165, 1.54) is 217 Å². The summed E-state index contributed by atoms with van der Waals surface area (Å²) in [6, 6.07) is 20.1. The first-order valence-electron chi connectivity index (χ1n) is 28.3. The van der Waals surface area contributed by atoms with Crippen LogP contribution >= 0.6 is 0 Å². The van der Waals surface area contributed by atoms with Crippen molar-refractivity contribution in [2.45, 2.75) is 245 Å². The van der Waals surface area contributed by atoms with Crippen LogP contribution in [0.5, 0.6) is 0 Å². The molecule has 0 unspecified atom stereocenters. The summed E-state index contributed by atoms with van der Waals surface area (Å²) in [6.07, 6.45) is 49.8. The molecule has 0 saturated heterocycles. The summed E-state index contributed by atoms with van der Waals surface area (Å²) in [6.45, 7) is 10.8. The van der Waals surface area contributed by atoms with Crippen LogP contribution in [0.1, 0.15) is 267 Å². The lowest BCUT2D eigenvalue weighted by Gasteiger charge is -2.31. The lowest BCUT2D eigenvalue weighted by atomic mass is 9.74. The van der Waals surface area contributed by atoms with Crippen molar-refractivity contribution in [3.05, 3.63) is 82.9 Å².